The van der Waals surface area contributed by atoms with Gasteiger partial charge in [0.05, 0.1) is 22.7 Å². The van der Waals surface area contributed by atoms with E-state index in [0.29, 0.717) is 30.8 Å². The fourth-order valence-corrected chi connectivity index (χ4v) is 1.66. The van der Waals surface area contributed by atoms with E-state index in [1.807, 2.05) is 6.92 Å². The van der Waals surface area contributed by atoms with Gasteiger partial charge in [-0.05, 0) is 18.6 Å². The molecule has 0 saturated carbocycles. The van der Waals surface area contributed by atoms with Gasteiger partial charge in [-0.3, -0.25) is 9.59 Å². The van der Waals surface area contributed by atoms with Gasteiger partial charge >= 0.3 is 0 Å². The van der Waals surface area contributed by atoms with Crippen molar-refractivity contribution in [2.45, 2.75) is 18.2 Å². The highest BCUT2D eigenvalue weighted by molar-refractivity contribution is 9.10. The van der Waals surface area contributed by atoms with Crippen LogP contribution in [0.2, 0.25) is 0 Å². The molecule has 1 atom stereocenters. The maximum Gasteiger partial charge on any atom is 0.253 e. The first-order valence-electron chi connectivity index (χ1n) is 6.41. The number of anilines is 1. The van der Waals surface area contributed by atoms with E-state index in [0.717, 1.165) is 0 Å². The molecule has 2 amide bonds. The lowest BCUT2D eigenvalue weighted by molar-refractivity contribution is -0.115. The number of ether oxygens (including phenoxy) is 1. The number of rotatable bonds is 7. The lowest BCUT2D eigenvalue weighted by Crippen LogP contribution is -2.29. The van der Waals surface area contributed by atoms with E-state index in [2.05, 4.69) is 26.6 Å². The third-order valence-electron chi connectivity index (χ3n) is 2.66. The third-order valence-corrected chi connectivity index (χ3v) is 3.73. The van der Waals surface area contributed by atoms with Crippen molar-refractivity contribution in [3.63, 3.8) is 0 Å². The second kappa shape index (κ2) is 8.71. The molecule has 0 bridgehead atoms. The van der Waals surface area contributed by atoms with E-state index < -0.39 is 0 Å². The van der Waals surface area contributed by atoms with Gasteiger partial charge in [-0.1, -0.05) is 35.0 Å². The van der Waals surface area contributed by atoms with E-state index in [-0.39, 0.29) is 16.6 Å². The molecule has 6 heteroatoms. The van der Waals surface area contributed by atoms with Crippen LogP contribution in [0, 0.1) is 0 Å². The Hall–Kier alpha value is -1.40. The summed E-state index contributed by atoms with van der Waals surface area (Å²) < 4.78 is 4.88. The maximum atomic E-state index is 12.0. The van der Waals surface area contributed by atoms with E-state index in [1.165, 1.54) is 0 Å². The van der Waals surface area contributed by atoms with Gasteiger partial charge in [0.1, 0.15) is 0 Å². The van der Waals surface area contributed by atoms with Crippen molar-refractivity contribution in [2.24, 2.45) is 0 Å². The quantitative estimate of drug-likeness (QED) is 0.589. The molecular formula is C14H19BrN2O3. The first-order chi connectivity index (χ1) is 9.60. The molecule has 0 saturated heterocycles. The van der Waals surface area contributed by atoms with Crippen molar-refractivity contribution in [1.29, 1.82) is 0 Å². The molecule has 1 aromatic carbocycles. The van der Waals surface area contributed by atoms with Crippen LogP contribution in [0.5, 0.6) is 0 Å². The summed E-state index contributed by atoms with van der Waals surface area (Å²) in [6.45, 7) is 2.77. The Balaban J connectivity index is 2.77. The maximum absolute atomic E-state index is 12.0. The number of hydrogen-bond donors (Lipinski definition) is 2. The molecule has 0 heterocycles. The largest absolute Gasteiger partial charge is 0.383 e. The minimum atomic E-state index is -0.271. The molecule has 0 aliphatic rings. The van der Waals surface area contributed by atoms with Gasteiger partial charge in [-0.2, -0.15) is 0 Å². The van der Waals surface area contributed by atoms with Gasteiger partial charge in [-0.25, -0.2) is 0 Å². The van der Waals surface area contributed by atoms with Crippen molar-refractivity contribution >= 4 is 33.4 Å². The highest BCUT2D eigenvalue weighted by atomic mass is 79.9. The number of alkyl halides is 1. The molecule has 0 fully saturated rings. The molecule has 20 heavy (non-hydrogen) atoms. The molecule has 0 aliphatic heterocycles. The first kappa shape index (κ1) is 16.7. The predicted molar refractivity (Wildman–Crippen MR) is 82.3 cm³/mol. The number of amides is 2. The lowest BCUT2D eigenvalue weighted by atomic mass is 10.1. The molecule has 0 aliphatic carbocycles. The molecule has 1 unspecified atom stereocenters. The topological polar surface area (TPSA) is 67.4 Å². The van der Waals surface area contributed by atoms with Crippen molar-refractivity contribution in [3.8, 4) is 0 Å². The minimum Gasteiger partial charge on any atom is -0.383 e. The zero-order valence-corrected chi connectivity index (χ0v) is 13.2. The monoisotopic (exact) mass is 342 g/mol. The van der Waals surface area contributed by atoms with Gasteiger partial charge < -0.3 is 15.4 Å². The zero-order chi connectivity index (χ0) is 15.0. The lowest BCUT2D eigenvalue weighted by Gasteiger charge is -2.13. The van der Waals surface area contributed by atoms with Crippen LogP contribution in [0.15, 0.2) is 24.3 Å². The van der Waals surface area contributed by atoms with Gasteiger partial charge in [0.2, 0.25) is 5.91 Å². The van der Waals surface area contributed by atoms with Gasteiger partial charge in [0.25, 0.3) is 5.91 Å². The third kappa shape index (κ3) is 4.94. The van der Waals surface area contributed by atoms with Crippen molar-refractivity contribution < 1.29 is 14.3 Å². The van der Waals surface area contributed by atoms with E-state index >= 15 is 0 Å². The summed E-state index contributed by atoms with van der Waals surface area (Å²) in [5.74, 6) is -0.398. The molecule has 5 nitrogen and oxygen atoms in total. The zero-order valence-electron chi connectivity index (χ0n) is 11.6. The fourth-order valence-electron chi connectivity index (χ4n) is 1.55. The van der Waals surface area contributed by atoms with Crippen LogP contribution >= 0.6 is 15.9 Å². The van der Waals surface area contributed by atoms with Crippen molar-refractivity contribution in [3.05, 3.63) is 29.8 Å². The molecule has 2 N–H and O–H groups in total. The molecule has 1 rings (SSSR count). The molecule has 0 aromatic heterocycles. The highest BCUT2D eigenvalue weighted by Gasteiger charge is 2.16. The highest BCUT2D eigenvalue weighted by Crippen LogP contribution is 2.17. The van der Waals surface area contributed by atoms with Gasteiger partial charge in [0.15, 0.2) is 0 Å². The molecule has 1 aromatic rings. The van der Waals surface area contributed by atoms with Crippen LogP contribution in [0.1, 0.15) is 23.7 Å². The number of para-hydroxylation sites is 1. The average Bonchev–Trinajstić information content (AvgIpc) is 2.47. The second-order valence-corrected chi connectivity index (χ2v) is 5.26. The van der Waals surface area contributed by atoms with Crippen LogP contribution < -0.4 is 10.6 Å². The number of halogens is 1. The average molecular weight is 343 g/mol. The Kier molecular flexibility index (Phi) is 7.25. The molecule has 110 valence electrons. The number of methoxy groups -OCH3 is 1. The van der Waals surface area contributed by atoms with Gasteiger partial charge in [-0.15, -0.1) is 0 Å². The standard InChI is InChI=1S/C14H19BrN2O3/c1-3-11(15)14(19)17-12-7-5-4-6-10(12)13(18)16-8-9-20-2/h4-7,11H,3,8-9H2,1-2H3,(H,16,18)(H,17,19). The molecular weight excluding hydrogens is 324 g/mol. The summed E-state index contributed by atoms with van der Waals surface area (Å²) in [7, 11) is 1.57. The Morgan fingerprint density at radius 1 is 1.35 bits per heavy atom. The van der Waals surface area contributed by atoms with E-state index in [1.54, 1.807) is 31.4 Å². The smallest absolute Gasteiger partial charge is 0.253 e. The summed E-state index contributed by atoms with van der Waals surface area (Å²) in [5, 5.41) is 5.48. The predicted octanol–water partition coefficient (Wildman–Crippen LogP) is 2.17. The first-order valence-corrected chi connectivity index (χ1v) is 7.32. The number of carbonyl (C=O) groups excluding carboxylic acids is 2. The van der Waals surface area contributed by atoms with Crippen LogP contribution in [-0.2, 0) is 9.53 Å². The van der Waals surface area contributed by atoms with E-state index in [4.69, 9.17) is 4.74 Å². The fraction of sp³-hybridized carbons (Fsp3) is 0.429. The summed E-state index contributed by atoms with van der Waals surface area (Å²) in [5.41, 5.74) is 0.943. The number of benzene rings is 1. The van der Waals surface area contributed by atoms with Crippen LogP contribution in [0.4, 0.5) is 5.69 Å². The number of carbonyl (C=O) groups is 2. The Morgan fingerprint density at radius 3 is 2.70 bits per heavy atom. The summed E-state index contributed by atoms with van der Waals surface area (Å²) in [4.78, 5) is 23.6. The Morgan fingerprint density at radius 2 is 2.05 bits per heavy atom. The second-order valence-electron chi connectivity index (χ2n) is 4.16. The van der Waals surface area contributed by atoms with Crippen LogP contribution in [-0.4, -0.2) is 36.9 Å². The van der Waals surface area contributed by atoms with Gasteiger partial charge in [0, 0.05) is 13.7 Å². The van der Waals surface area contributed by atoms with Crippen molar-refractivity contribution in [2.75, 3.05) is 25.6 Å². The molecule has 0 radical (unpaired) electrons. The normalized spacial score (nSPS) is 11.8. The minimum absolute atomic E-state index is 0.162. The summed E-state index contributed by atoms with van der Waals surface area (Å²) >= 11 is 3.28. The number of hydrogen-bond acceptors (Lipinski definition) is 3. The summed E-state index contributed by atoms with van der Waals surface area (Å²) in [6.07, 6.45) is 0.675. The Bertz CT molecular complexity index is 465. The van der Waals surface area contributed by atoms with E-state index in [9.17, 15) is 9.59 Å². The Labute approximate surface area is 127 Å². The summed E-state index contributed by atoms with van der Waals surface area (Å²) in [6, 6.07) is 6.91. The molecule has 0 spiro atoms. The van der Waals surface area contributed by atoms with Crippen molar-refractivity contribution in [1.82, 2.24) is 5.32 Å². The SMILES string of the molecule is CCC(Br)C(=O)Nc1ccccc1C(=O)NCCOC. The van der Waals surface area contributed by atoms with Crippen LogP contribution in [0.25, 0.3) is 0 Å². The van der Waals surface area contributed by atoms with Crippen LogP contribution in [0.3, 0.4) is 0 Å². The number of nitrogens with one attached hydrogen (secondary N) is 2.